The maximum atomic E-state index is 11.7. The van der Waals surface area contributed by atoms with Crippen molar-refractivity contribution in [2.45, 2.75) is 39.3 Å². The second-order valence-electron chi connectivity index (χ2n) is 7.85. The van der Waals surface area contributed by atoms with Gasteiger partial charge >= 0.3 is 5.63 Å². The van der Waals surface area contributed by atoms with E-state index >= 15 is 0 Å². The Hall–Kier alpha value is -2.06. The minimum Gasteiger partial charge on any atom is -0.544 e. The third kappa shape index (κ3) is 7.15. The Kier molecular flexibility index (Phi) is 5.74. The van der Waals surface area contributed by atoms with Gasteiger partial charge in [0.15, 0.2) is 0 Å². The fourth-order valence-corrected chi connectivity index (χ4v) is 3.81. The van der Waals surface area contributed by atoms with Crippen LogP contribution in [0.2, 0.25) is 39.3 Å². The fourth-order valence-electron chi connectivity index (χ4n) is 2.15. The van der Waals surface area contributed by atoms with Gasteiger partial charge in [0.25, 0.3) is 0 Å². The predicted octanol–water partition coefficient (Wildman–Crippen LogP) is 5.24. The zero-order chi connectivity index (χ0) is 18.7. The lowest BCUT2D eigenvalue weighted by molar-refractivity contribution is 0.479. The molecule has 2 aromatic rings. The number of benzene rings is 1. The first-order chi connectivity index (χ1) is 11.5. The predicted molar refractivity (Wildman–Crippen MR) is 108 cm³/mol. The van der Waals surface area contributed by atoms with E-state index in [0.29, 0.717) is 11.5 Å². The van der Waals surface area contributed by atoms with E-state index in [0.717, 1.165) is 11.3 Å². The van der Waals surface area contributed by atoms with Crippen molar-refractivity contribution in [2.24, 2.45) is 0 Å². The van der Waals surface area contributed by atoms with Crippen LogP contribution < -0.4 is 14.5 Å². The van der Waals surface area contributed by atoms with E-state index in [9.17, 15) is 4.79 Å². The summed E-state index contributed by atoms with van der Waals surface area (Å²) < 4.78 is 17.0. The Morgan fingerprint density at radius 3 is 1.92 bits per heavy atom. The molecule has 0 radical (unpaired) electrons. The summed E-state index contributed by atoms with van der Waals surface area (Å²) in [7, 11) is -3.37. The summed E-state index contributed by atoms with van der Waals surface area (Å²) in [5.74, 6) is 1.92. The lowest BCUT2D eigenvalue weighted by atomic mass is 10.2. The second-order valence-corrected chi connectivity index (χ2v) is 16.7. The minimum atomic E-state index is -1.77. The fraction of sp³-hybridized carbons (Fsp3) is 0.316. The van der Waals surface area contributed by atoms with Crippen LogP contribution in [0.25, 0.3) is 12.2 Å². The summed E-state index contributed by atoms with van der Waals surface area (Å²) in [4.78, 5) is 11.7. The van der Waals surface area contributed by atoms with Crippen LogP contribution in [-0.4, -0.2) is 16.6 Å². The molecule has 134 valence electrons. The van der Waals surface area contributed by atoms with Gasteiger partial charge in [-0.1, -0.05) is 18.2 Å². The number of rotatable bonds is 6. The molecular weight excluding hydrogens is 348 g/mol. The monoisotopic (exact) mass is 374 g/mol. The van der Waals surface area contributed by atoms with Crippen molar-refractivity contribution in [2.75, 3.05) is 0 Å². The van der Waals surface area contributed by atoms with Crippen LogP contribution in [0, 0.1) is 0 Å². The lowest BCUT2D eigenvalue weighted by Crippen LogP contribution is -2.29. The average molecular weight is 375 g/mol. The third-order valence-electron chi connectivity index (χ3n) is 2.93. The molecule has 0 aliphatic carbocycles. The summed E-state index contributed by atoms with van der Waals surface area (Å²) in [6, 6.07) is 11.0. The molecule has 0 saturated carbocycles. The average Bonchev–Trinajstić information content (AvgIpc) is 2.42. The molecule has 1 heterocycles. The van der Waals surface area contributed by atoms with Crippen LogP contribution in [0.1, 0.15) is 11.3 Å². The van der Waals surface area contributed by atoms with Gasteiger partial charge in [0, 0.05) is 6.07 Å². The summed E-state index contributed by atoms with van der Waals surface area (Å²) in [6.45, 7) is 12.7. The molecule has 4 nitrogen and oxygen atoms in total. The first-order valence-corrected chi connectivity index (χ1v) is 15.1. The molecule has 0 atom stereocenters. The van der Waals surface area contributed by atoms with Crippen molar-refractivity contribution >= 4 is 28.8 Å². The van der Waals surface area contributed by atoms with Crippen molar-refractivity contribution in [3.63, 3.8) is 0 Å². The van der Waals surface area contributed by atoms with Crippen molar-refractivity contribution in [1.29, 1.82) is 0 Å². The van der Waals surface area contributed by atoms with E-state index in [4.69, 9.17) is 13.3 Å². The lowest BCUT2D eigenvalue weighted by Gasteiger charge is -2.19. The van der Waals surface area contributed by atoms with E-state index in [1.165, 1.54) is 6.07 Å². The molecule has 0 aliphatic rings. The van der Waals surface area contributed by atoms with Crippen LogP contribution in [0.4, 0.5) is 0 Å². The van der Waals surface area contributed by atoms with Gasteiger partial charge in [-0.2, -0.15) is 0 Å². The Balaban J connectivity index is 2.15. The molecule has 0 saturated heterocycles. The van der Waals surface area contributed by atoms with E-state index in [2.05, 4.69) is 39.3 Å². The normalized spacial score (nSPS) is 12.4. The van der Waals surface area contributed by atoms with Crippen LogP contribution in [0.3, 0.4) is 0 Å². The van der Waals surface area contributed by atoms with Gasteiger partial charge < -0.3 is 13.3 Å². The molecule has 0 unspecified atom stereocenters. The van der Waals surface area contributed by atoms with Gasteiger partial charge in [-0.15, -0.1) is 0 Å². The minimum absolute atomic E-state index is 0.408. The van der Waals surface area contributed by atoms with Crippen LogP contribution in [0.15, 0.2) is 45.6 Å². The Morgan fingerprint density at radius 1 is 0.800 bits per heavy atom. The highest BCUT2D eigenvalue weighted by molar-refractivity contribution is 6.70. The molecule has 0 bridgehead atoms. The van der Waals surface area contributed by atoms with Crippen LogP contribution in [0.5, 0.6) is 11.5 Å². The van der Waals surface area contributed by atoms with Gasteiger partial charge in [0.05, 0.1) is 6.07 Å². The second kappa shape index (κ2) is 7.45. The maximum Gasteiger partial charge on any atom is 0.339 e. The molecule has 0 aliphatic heterocycles. The van der Waals surface area contributed by atoms with Crippen LogP contribution in [-0.2, 0) is 0 Å². The summed E-state index contributed by atoms with van der Waals surface area (Å²) >= 11 is 0. The summed E-state index contributed by atoms with van der Waals surface area (Å²) in [5, 5.41) is 0. The first-order valence-electron chi connectivity index (χ1n) is 8.32. The van der Waals surface area contributed by atoms with Gasteiger partial charge in [0.2, 0.25) is 16.6 Å². The molecule has 6 heteroatoms. The molecule has 0 spiro atoms. The number of hydrogen-bond donors (Lipinski definition) is 0. The Morgan fingerprint density at radius 2 is 1.36 bits per heavy atom. The molecule has 1 aromatic heterocycles. The van der Waals surface area contributed by atoms with Crippen molar-refractivity contribution in [3.8, 4) is 11.5 Å². The first kappa shape index (κ1) is 19.3. The quantitative estimate of drug-likeness (QED) is 0.649. The molecule has 2 rings (SSSR count). The SMILES string of the molecule is C[Si](C)(C)Oc1ccc(/C=C/c2cc(O[Si](C)(C)C)cc(=O)o2)cc1. The van der Waals surface area contributed by atoms with E-state index in [1.54, 1.807) is 12.1 Å². The molecule has 1 aromatic carbocycles. The Labute approximate surface area is 151 Å². The standard InChI is InChI=1S/C19H26O4Si2/c1-24(2,3)22-16-10-7-15(8-11-16)9-12-17-13-18(14-19(20)21-17)23-25(4,5)6/h7-14H,1-6H3/b12-9+. The zero-order valence-electron chi connectivity index (χ0n) is 15.8. The molecule has 0 amide bonds. The van der Waals surface area contributed by atoms with Gasteiger partial charge in [-0.3, -0.25) is 0 Å². The molecule has 0 N–H and O–H groups in total. The van der Waals surface area contributed by atoms with Crippen molar-refractivity contribution in [3.05, 3.63) is 58.1 Å². The maximum absolute atomic E-state index is 11.7. The molecule has 0 fully saturated rings. The highest BCUT2D eigenvalue weighted by atomic mass is 28.4. The number of hydrogen-bond acceptors (Lipinski definition) is 4. The summed E-state index contributed by atoms with van der Waals surface area (Å²) in [5.41, 5.74) is 0.594. The van der Waals surface area contributed by atoms with Crippen molar-refractivity contribution < 1.29 is 13.3 Å². The highest BCUT2D eigenvalue weighted by Gasteiger charge is 2.17. The van der Waals surface area contributed by atoms with Crippen molar-refractivity contribution in [1.82, 2.24) is 0 Å². The highest BCUT2D eigenvalue weighted by Crippen LogP contribution is 2.20. The topological polar surface area (TPSA) is 48.7 Å². The van der Waals surface area contributed by atoms with Gasteiger partial charge in [-0.25, -0.2) is 4.79 Å². The molecular formula is C19H26O4Si2. The smallest absolute Gasteiger partial charge is 0.339 e. The zero-order valence-corrected chi connectivity index (χ0v) is 17.8. The molecule has 25 heavy (non-hydrogen) atoms. The largest absolute Gasteiger partial charge is 0.544 e. The van der Waals surface area contributed by atoms with Gasteiger partial charge in [-0.05, 0) is 63.1 Å². The van der Waals surface area contributed by atoms with E-state index in [-0.39, 0.29) is 0 Å². The summed E-state index contributed by atoms with van der Waals surface area (Å²) in [6.07, 6.45) is 3.67. The van der Waals surface area contributed by atoms with Crippen LogP contribution >= 0.6 is 0 Å². The van der Waals surface area contributed by atoms with E-state index < -0.39 is 22.3 Å². The Bertz CT molecular complexity index is 794. The van der Waals surface area contributed by atoms with E-state index in [1.807, 2.05) is 30.3 Å². The third-order valence-corrected chi connectivity index (χ3v) is 4.63. The van der Waals surface area contributed by atoms with Gasteiger partial charge in [0.1, 0.15) is 17.3 Å².